The number of thiazole rings is 1. The zero-order valence-corrected chi connectivity index (χ0v) is 10.9. The monoisotopic (exact) mass is 279 g/mol. The van der Waals surface area contributed by atoms with E-state index in [1.165, 1.54) is 11.3 Å². The second-order valence-corrected chi connectivity index (χ2v) is 5.28. The van der Waals surface area contributed by atoms with Crippen molar-refractivity contribution < 1.29 is 9.32 Å². The van der Waals surface area contributed by atoms with E-state index in [9.17, 15) is 4.79 Å². The summed E-state index contributed by atoms with van der Waals surface area (Å²) < 4.78 is 5.06. The van der Waals surface area contributed by atoms with Crippen molar-refractivity contribution in [3.63, 3.8) is 0 Å². The number of hydrogen-bond donors (Lipinski definition) is 2. The molecule has 0 aliphatic heterocycles. The standard InChI is InChI=1S/C11H13N5O2S/c12-4-3-8-14-7(5-19-8)11-15-9(16-18-11)10(17)13-6-1-2-6/h5-6H,1-4,12H2,(H,13,17). The van der Waals surface area contributed by atoms with E-state index in [1.54, 1.807) is 0 Å². The summed E-state index contributed by atoms with van der Waals surface area (Å²) in [5, 5.41) is 9.21. The molecule has 1 saturated carbocycles. The van der Waals surface area contributed by atoms with E-state index < -0.39 is 0 Å². The van der Waals surface area contributed by atoms with E-state index in [2.05, 4.69) is 20.4 Å². The molecule has 0 saturated heterocycles. The molecule has 2 aromatic rings. The molecule has 1 amide bonds. The number of nitrogens with two attached hydrogens (primary N) is 1. The maximum absolute atomic E-state index is 11.7. The van der Waals surface area contributed by atoms with Gasteiger partial charge < -0.3 is 15.6 Å². The molecule has 0 bridgehead atoms. The minimum atomic E-state index is -0.296. The van der Waals surface area contributed by atoms with Gasteiger partial charge in [0.2, 0.25) is 0 Å². The molecule has 1 aliphatic carbocycles. The van der Waals surface area contributed by atoms with Gasteiger partial charge >= 0.3 is 0 Å². The van der Waals surface area contributed by atoms with Crippen LogP contribution in [0, 0.1) is 0 Å². The highest BCUT2D eigenvalue weighted by Crippen LogP contribution is 2.21. The number of amides is 1. The molecule has 0 radical (unpaired) electrons. The van der Waals surface area contributed by atoms with Crippen molar-refractivity contribution in [2.24, 2.45) is 5.73 Å². The molecule has 8 heteroatoms. The molecular weight excluding hydrogens is 266 g/mol. The SMILES string of the molecule is NCCc1nc(-c2nc(C(=O)NC3CC3)no2)cs1. The molecule has 19 heavy (non-hydrogen) atoms. The number of nitrogens with one attached hydrogen (secondary N) is 1. The highest BCUT2D eigenvalue weighted by molar-refractivity contribution is 7.09. The first-order valence-electron chi connectivity index (χ1n) is 6.05. The van der Waals surface area contributed by atoms with Crippen LogP contribution in [0.15, 0.2) is 9.90 Å². The fourth-order valence-corrected chi connectivity index (χ4v) is 2.33. The zero-order valence-electron chi connectivity index (χ0n) is 10.1. The van der Waals surface area contributed by atoms with Crippen molar-refractivity contribution in [1.82, 2.24) is 20.4 Å². The second kappa shape index (κ2) is 5.06. The predicted molar refractivity (Wildman–Crippen MR) is 68.7 cm³/mol. The van der Waals surface area contributed by atoms with Gasteiger partial charge in [0.1, 0.15) is 5.69 Å². The molecule has 0 unspecified atom stereocenters. The van der Waals surface area contributed by atoms with Crippen LogP contribution in [0.4, 0.5) is 0 Å². The quantitative estimate of drug-likeness (QED) is 0.829. The molecule has 0 aromatic carbocycles. The van der Waals surface area contributed by atoms with E-state index in [1.807, 2.05) is 5.38 Å². The lowest BCUT2D eigenvalue weighted by molar-refractivity contribution is 0.0937. The summed E-state index contributed by atoms with van der Waals surface area (Å²) in [5.74, 6) is 0.0191. The van der Waals surface area contributed by atoms with Crippen LogP contribution in [0.5, 0.6) is 0 Å². The first kappa shape index (κ1) is 12.2. The summed E-state index contributed by atoms with van der Waals surface area (Å²) in [6.45, 7) is 0.547. The van der Waals surface area contributed by atoms with Gasteiger partial charge in [0.05, 0.1) is 5.01 Å². The number of nitrogens with zero attached hydrogens (tertiary/aromatic N) is 3. The summed E-state index contributed by atoms with van der Waals surface area (Å²) in [6, 6.07) is 0.268. The molecule has 1 aliphatic rings. The average molecular weight is 279 g/mol. The molecule has 2 heterocycles. The zero-order chi connectivity index (χ0) is 13.2. The van der Waals surface area contributed by atoms with Crippen molar-refractivity contribution in [1.29, 1.82) is 0 Å². The Morgan fingerprint density at radius 1 is 1.53 bits per heavy atom. The Hall–Kier alpha value is -1.80. The lowest BCUT2D eigenvalue weighted by atomic mass is 10.4. The van der Waals surface area contributed by atoms with E-state index in [0.29, 0.717) is 18.7 Å². The largest absolute Gasteiger partial charge is 0.346 e. The molecule has 3 rings (SSSR count). The molecule has 3 N–H and O–H groups in total. The Morgan fingerprint density at radius 2 is 2.37 bits per heavy atom. The third kappa shape index (κ3) is 2.79. The number of rotatable bonds is 5. The molecular formula is C11H13N5O2S. The first-order chi connectivity index (χ1) is 9.26. The van der Waals surface area contributed by atoms with Gasteiger partial charge in [-0.1, -0.05) is 5.16 Å². The minimum absolute atomic E-state index is 0.0512. The fourth-order valence-electron chi connectivity index (χ4n) is 1.54. The van der Waals surface area contributed by atoms with Gasteiger partial charge in [0.25, 0.3) is 17.6 Å². The second-order valence-electron chi connectivity index (χ2n) is 4.34. The predicted octanol–water partition coefficient (Wildman–Crippen LogP) is 0.587. The van der Waals surface area contributed by atoms with E-state index in [0.717, 1.165) is 17.8 Å². The molecule has 7 nitrogen and oxygen atoms in total. The van der Waals surface area contributed by atoms with Gasteiger partial charge in [0, 0.05) is 17.8 Å². The Kier molecular flexibility index (Phi) is 3.26. The van der Waals surface area contributed by atoms with Gasteiger partial charge in [-0.3, -0.25) is 4.79 Å². The van der Waals surface area contributed by atoms with Crippen LogP contribution in [0.25, 0.3) is 11.6 Å². The maximum atomic E-state index is 11.7. The van der Waals surface area contributed by atoms with Gasteiger partial charge in [-0.15, -0.1) is 11.3 Å². The molecule has 0 atom stereocenters. The van der Waals surface area contributed by atoms with Crippen molar-refractivity contribution in [2.75, 3.05) is 6.54 Å². The van der Waals surface area contributed by atoms with Crippen LogP contribution in [0.3, 0.4) is 0 Å². The van der Waals surface area contributed by atoms with E-state index in [-0.39, 0.29) is 23.7 Å². The van der Waals surface area contributed by atoms with Gasteiger partial charge in [-0.2, -0.15) is 4.98 Å². The third-order valence-corrected chi connectivity index (χ3v) is 3.58. The molecule has 100 valence electrons. The summed E-state index contributed by atoms with van der Waals surface area (Å²) >= 11 is 1.49. The van der Waals surface area contributed by atoms with Crippen molar-refractivity contribution in [3.8, 4) is 11.6 Å². The van der Waals surface area contributed by atoms with Crippen LogP contribution < -0.4 is 11.1 Å². The maximum Gasteiger partial charge on any atom is 0.292 e. The van der Waals surface area contributed by atoms with Gasteiger partial charge in [0.15, 0.2) is 0 Å². The topological polar surface area (TPSA) is 107 Å². The van der Waals surface area contributed by atoms with E-state index in [4.69, 9.17) is 10.3 Å². The highest BCUT2D eigenvalue weighted by atomic mass is 32.1. The molecule has 2 aromatic heterocycles. The molecule has 0 spiro atoms. The number of carbonyl (C=O) groups excluding carboxylic acids is 1. The first-order valence-corrected chi connectivity index (χ1v) is 6.93. The Labute approximate surface area is 113 Å². The van der Waals surface area contributed by atoms with Crippen LogP contribution >= 0.6 is 11.3 Å². The fraction of sp³-hybridized carbons (Fsp3) is 0.455. The Balaban J connectivity index is 1.73. The van der Waals surface area contributed by atoms with Crippen molar-refractivity contribution >= 4 is 17.2 Å². The number of aromatic nitrogens is 3. The van der Waals surface area contributed by atoms with Crippen molar-refractivity contribution in [2.45, 2.75) is 25.3 Å². The minimum Gasteiger partial charge on any atom is -0.346 e. The Bertz CT molecular complexity index is 589. The van der Waals surface area contributed by atoms with Crippen molar-refractivity contribution in [3.05, 3.63) is 16.2 Å². The van der Waals surface area contributed by atoms with Crippen LogP contribution in [0.1, 0.15) is 28.5 Å². The molecule has 1 fully saturated rings. The van der Waals surface area contributed by atoms with Crippen LogP contribution in [-0.4, -0.2) is 33.6 Å². The van der Waals surface area contributed by atoms with Gasteiger partial charge in [-0.25, -0.2) is 4.98 Å². The summed E-state index contributed by atoms with van der Waals surface area (Å²) in [6.07, 6.45) is 2.75. The summed E-state index contributed by atoms with van der Waals surface area (Å²) in [4.78, 5) is 20.1. The van der Waals surface area contributed by atoms with E-state index >= 15 is 0 Å². The summed E-state index contributed by atoms with van der Waals surface area (Å²) in [7, 11) is 0. The van der Waals surface area contributed by atoms with Crippen LogP contribution in [-0.2, 0) is 6.42 Å². The van der Waals surface area contributed by atoms with Crippen LogP contribution in [0.2, 0.25) is 0 Å². The number of carbonyl (C=O) groups is 1. The third-order valence-electron chi connectivity index (χ3n) is 2.67. The average Bonchev–Trinajstić information content (AvgIpc) is 2.93. The Morgan fingerprint density at radius 3 is 3.11 bits per heavy atom. The van der Waals surface area contributed by atoms with Gasteiger partial charge in [-0.05, 0) is 19.4 Å². The lowest BCUT2D eigenvalue weighted by Crippen LogP contribution is -2.26. The lowest BCUT2D eigenvalue weighted by Gasteiger charge is -1.95. The normalized spacial score (nSPS) is 14.6. The summed E-state index contributed by atoms with van der Waals surface area (Å²) in [5.41, 5.74) is 6.06. The number of hydrogen-bond acceptors (Lipinski definition) is 7. The smallest absolute Gasteiger partial charge is 0.292 e. The highest BCUT2D eigenvalue weighted by Gasteiger charge is 2.26.